The van der Waals surface area contributed by atoms with Crippen molar-refractivity contribution in [3.63, 3.8) is 0 Å². The van der Waals surface area contributed by atoms with Crippen LogP contribution in [0.25, 0.3) is 0 Å². The molecule has 0 radical (unpaired) electrons. The predicted molar refractivity (Wildman–Crippen MR) is 87.8 cm³/mol. The lowest BCUT2D eigenvalue weighted by molar-refractivity contribution is -0.119. The summed E-state index contributed by atoms with van der Waals surface area (Å²) in [4.78, 5) is 15.7. The van der Waals surface area contributed by atoms with Crippen LogP contribution in [-0.2, 0) is 10.3 Å². The highest BCUT2D eigenvalue weighted by Gasteiger charge is 2.39. The number of carbonyl (C=O) groups excluding carboxylic acids is 1. The lowest BCUT2D eigenvalue weighted by Gasteiger charge is -2.41. The summed E-state index contributed by atoms with van der Waals surface area (Å²) in [5.41, 5.74) is 0.147. The molecule has 1 aliphatic rings. The average molecular weight is 329 g/mol. The van der Waals surface area contributed by atoms with E-state index in [9.17, 15) is 15.2 Å². The number of amides is 1. The van der Waals surface area contributed by atoms with Crippen molar-refractivity contribution in [3.05, 3.63) is 53.5 Å². The van der Waals surface area contributed by atoms with Crippen LogP contribution in [0.15, 0.2) is 42.6 Å². The number of carbonyl (C=O) groups is 1. The van der Waals surface area contributed by atoms with Crippen molar-refractivity contribution < 1.29 is 14.7 Å². The first kappa shape index (κ1) is 16.0. The van der Waals surface area contributed by atoms with E-state index >= 15 is 0 Å². The van der Waals surface area contributed by atoms with Gasteiger partial charge in [-0.2, -0.15) is 0 Å². The minimum atomic E-state index is -0.869. The fourth-order valence-electron chi connectivity index (χ4n) is 2.65. The second-order valence-electron chi connectivity index (χ2n) is 5.54. The standard InChI is InChI=1S/C16H17N4O4/c1-11(21)18-9-16(14-7-2-3-8-17-14)10-24-13-6-4-5-12(20(22)23)15(13)19-16/h2-8,19,22H,9-10H2,1H3,(H,18,21)/q-1. The van der Waals surface area contributed by atoms with Crippen LogP contribution in [0.3, 0.4) is 0 Å². The zero-order valence-electron chi connectivity index (χ0n) is 13.0. The Hall–Kier alpha value is -2.84. The number of para-hydroxylation sites is 1. The van der Waals surface area contributed by atoms with Crippen LogP contribution in [0.5, 0.6) is 5.75 Å². The third kappa shape index (κ3) is 2.97. The summed E-state index contributed by atoms with van der Waals surface area (Å²) in [5, 5.41) is 26.5. The molecule has 3 rings (SSSR count). The zero-order chi connectivity index (χ0) is 17.2. The fourth-order valence-corrected chi connectivity index (χ4v) is 2.65. The number of ether oxygens (including phenoxy) is 1. The van der Waals surface area contributed by atoms with Crippen molar-refractivity contribution in [2.24, 2.45) is 0 Å². The Balaban J connectivity index is 2.04. The number of benzene rings is 1. The number of fused-ring (bicyclic) bond motifs is 1. The van der Waals surface area contributed by atoms with Gasteiger partial charge in [0, 0.05) is 19.7 Å². The topological polar surface area (TPSA) is 110 Å². The van der Waals surface area contributed by atoms with Gasteiger partial charge < -0.3 is 25.8 Å². The van der Waals surface area contributed by atoms with E-state index in [4.69, 9.17) is 4.74 Å². The molecule has 1 aliphatic heterocycles. The molecule has 0 fully saturated rings. The van der Waals surface area contributed by atoms with Gasteiger partial charge in [-0.3, -0.25) is 15.0 Å². The van der Waals surface area contributed by atoms with Gasteiger partial charge in [-0.1, -0.05) is 12.1 Å². The molecule has 8 nitrogen and oxygen atoms in total. The molecular weight excluding hydrogens is 312 g/mol. The van der Waals surface area contributed by atoms with Gasteiger partial charge in [0.25, 0.3) is 0 Å². The number of aromatic nitrogens is 1. The van der Waals surface area contributed by atoms with Crippen molar-refractivity contribution in [3.8, 4) is 5.75 Å². The van der Waals surface area contributed by atoms with Gasteiger partial charge in [0.1, 0.15) is 23.6 Å². The Morgan fingerprint density at radius 2 is 2.29 bits per heavy atom. The van der Waals surface area contributed by atoms with Crippen LogP contribution < -0.4 is 20.6 Å². The summed E-state index contributed by atoms with van der Waals surface area (Å²) in [7, 11) is 0. The molecule has 1 atom stereocenters. The summed E-state index contributed by atoms with van der Waals surface area (Å²) in [6.45, 7) is 1.82. The molecule has 0 saturated carbocycles. The molecule has 2 aromatic rings. The highest BCUT2D eigenvalue weighted by Crippen LogP contribution is 2.42. The van der Waals surface area contributed by atoms with Crippen molar-refractivity contribution >= 4 is 17.3 Å². The molecule has 1 aromatic carbocycles. The molecule has 2 heterocycles. The Labute approximate surface area is 138 Å². The van der Waals surface area contributed by atoms with Gasteiger partial charge in [-0.05, 0) is 24.3 Å². The van der Waals surface area contributed by atoms with Gasteiger partial charge in [0.05, 0.1) is 11.4 Å². The zero-order valence-corrected chi connectivity index (χ0v) is 13.0. The summed E-state index contributed by atoms with van der Waals surface area (Å²) >= 11 is 0. The normalized spacial score (nSPS) is 18.8. The highest BCUT2D eigenvalue weighted by atomic mass is 16.8. The molecule has 0 bridgehead atoms. The van der Waals surface area contributed by atoms with Crippen molar-refractivity contribution in [1.29, 1.82) is 0 Å². The largest absolute Gasteiger partial charge is 0.733 e. The number of rotatable bonds is 4. The first-order chi connectivity index (χ1) is 11.5. The highest BCUT2D eigenvalue weighted by molar-refractivity contribution is 5.78. The van der Waals surface area contributed by atoms with Crippen molar-refractivity contribution in [2.45, 2.75) is 12.5 Å². The van der Waals surface area contributed by atoms with Crippen molar-refractivity contribution in [2.75, 3.05) is 23.7 Å². The number of hydrogen-bond acceptors (Lipinski definition) is 7. The Morgan fingerprint density at radius 1 is 1.46 bits per heavy atom. The minimum absolute atomic E-state index is 0.0235. The third-order valence-corrected chi connectivity index (χ3v) is 3.84. The number of anilines is 2. The lowest BCUT2D eigenvalue weighted by atomic mass is 9.92. The monoisotopic (exact) mass is 329 g/mol. The molecule has 3 N–H and O–H groups in total. The van der Waals surface area contributed by atoms with E-state index in [-0.39, 0.29) is 30.0 Å². The molecule has 1 aromatic heterocycles. The van der Waals surface area contributed by atoms with Crippen LogP contribution in [0.4, 0.5) is 11.4 Å². The van der Waals surface area contributed by atoms with E-state index in [0.717, 1.165) is 0 Å². The number of pyridine rings is 1. The Morgan fingerprint density at radius 3 is 2.96 bits per heavy atom. The maximum atomic E-state index is 11.4. The van der Waals surface area contributed by atoms with Gasteiger partial charge in [0.2, 0.25) is 5.91 Å². The molecular formula is C16H17N4O4-. The first-order valence-electron chi connectivity index (χ1n) is 7.38. The molecule has 24 heavy (non-hydrogen) atoms. The number of nitrogens with one attached hydrogen (secondary N) is 2. The summed E-state index contributed by atoms with van der Waals surface area (Å²) in [6, 6.07) is 10.2. The third-order valence-electron chi connectivity index (χ3n) is 3.84. The first-order valence-corrected chi connectivity index (χ1v) is 7.38. The fraction of sp³-hybridized carbons (Fsp3) is 0.250. The Bertz CT molecular complexity index is 738. The second kappa shape index (κ2) is 6.34. The molecule has 0 spiro atoms. The molecule has 0 saturated heterocycles. The summed E-state index contributed by atoms with van der Waals surface area (Å²) < 4.78 is 5.79. The van der Waals surface area contributed by atoms with Crippen LogP contribution in [0.1, 0.15) is 12.6 Å². The SMILES string of the molecule is CC(=O)NCC1(c2ccccn2)COc2cccc(N([O-])O)c2N1. The van der Waals surface area contributed by atoms with Gasteiger partial charge in [0.15, 0.2) is 0 Å². The van der Waals surface area contributed by atoms with Gasteiger partial charge in [-0.15, -0.1) is 0 Å². The van der Waals surface area contributed by atoms with Crippen LogP contribution in [-0.4, -0.2) is 29.3 Å². The molecule has 8 heteroatoms. The van der Waals surface area contributed by atoms with E-state index < -0.39 is 5.54 Å². The maximum absolute atomic E-state index is 11.4. The predicted octanol–water partition coefficient (Wildman–Crippen LogP) is 1.61. The van der Waals surface area contributed by atoms with E-state index in [1.807, 2.05) is 6.07 Å². The van der Waals surface area contributed by atoms with Crippen LogP contribution in [0.2, 0.25) is 0 Å². The summed E-state index contributed by atoms with van der Waals surface area (Å²) in [5.74, 6) is 0.246. The molecule has 1 unspecified atom stereocenters. The molecule has 0 aliphatic carbocycles. The average Bonchev–Trinajstić information content (AvgIpc) is 2.60. The number of hydrogen-bond donors (Lipinski definition) is 3. The van der Waals surface area contributed by atoms with Gasteiger partial charge in [-0.25, -0.2) is 0 Å². The summed E-state index contributed by atoms with van der Waals surface area (Å²) in [6.07, 6.45) is 1.64. The Kier molecular flexibility index (Phi) is 4.24. The van der Waals surface area contributed by atoms with Crippen molar-refractivity contribution in [1.82, 2.24) is 10.3 Å². The maximum Gasteiger partial charge on any atom is 0.216 e. The smallest absolute Gasteiger partial charge is 0.216 e. The minimum Gasteiger partial charge on any atom is -0.733 e. The quantitative estimate of drug-likeness (QED) is 0.731. The molecule has 1 amide bonds. The van der Waals surface area contributed by atoms with Crippen LogP contribution >= 0.6 is 0 Å². The van der Waals surface area contributed by atoms with E-state index in [1.165, 1.54) is 13.0 Å². The second-order valence-corrected chi connectivity index (χ2v) is 5.54. The van der Waals surface area contributed by atoms with E-state index in [0.29, 0.717) is 17.1 Å². The lowest BCUT2D eigenvalue weighted by Crippen LogP contribution is -2.52. The van der Waals surface area contributed by atoms with Crippen LogP contribution in [0, 0.1) is 5.21 Å². The van der Waals surface area contributed by atoms with Gasteiger partial charge >= 0.3 is 0 Å². The number of nitrogens with zero attached hydrogens (tertiary/aromatic N) is 2. The van der Waals surface area contributed by atoms with E-state index in [1.54, 1.807) is 30.5 Å². The molecule has 126 valence electrons. The van der Waals surface area contributed by atoms with E-state index in [2.05, 4.69) is 15.6 Å².